The molecular weight excluding hydrogens is 366 g/mol. The predicted molar refractivity (Wildman–Crippen MR) is 104 cm³/mol. The highest BCUT2D eigenvalue weighted by molar-refractivity contribution is 6.32. The number of imidazole rings is 1. The number of aliphatic hydroxyl groups is 1. The van der Waals surface area contributed by atoms with Crippen molar-refractivity contribution in [3.63, 3.8) is 0 Å². The molecule has 0 aliphatic heterocycles. The normalized spacial score (nSPS) is 16.1. The first kappa shape index (κ1) is 19.7. The number of carbonyl (C=O) groups is 1. The van der Waals surface area contributed by atoms with E-state index in [4.69, 9.17) is 16.3 Å². The van der Waals surface area contributed by atoms with E-state index < -0.39 is 0 Å². The Kier molecular flexibility index (Phi) is 6.39. The summed E-state index contributed by atoms with van der Waals surface area (Å²) in [6.45, 7) is 5.02. The summed E-state index contributed by atoms with van der Waals surface area (Å²) in [5.41, 5.74) is 3.00. The summed E-state index contributed by atoms with van der Waals surface area (Å²) in [4.78, 5) is 17.2. The number of ether oxygens (including phenoxy) is 1. The molecule has 1 aromatic carbocycles. The summed E-state index contributed by atoms with van der Waals surface area (Å²) < 4.78 is 7.68. The van der Waals surface area contributed by atoms with E-state index in [1.165, 1.54) is 5.69 Å². The zero-order chi connectivity index (χ0) is 19.4. The molecule has 1 aromatic heterocycles. The van der Waals surface area contributed by atoms with Crippen LogP contribution in [0.3, 0.4) is 0 Å². The summed E-state index contributed by atoms with van der Waals surface area (Å²) in [6.07, 6.45) is 2.66. The maximum atomic E-state index is 12.6. The number of hydrogen-bond acceptors (Lipinski definition) is 4. The smallest absolute Gasteiger partial charge is 0.224 e. The molecule has 1 heterocycles. The number of para-hydroxylation sites is 1. The third-order valence-corrected chi connectivity index (χ3v) is 5.19. The molecule has 0 spiro atoms. The monoisotopic (exact) mass is 391 g/mol. The van der Waals surface area contributed by atoms with Gasteiger partial charge in [-0.05, 0) is 32.8 Å². The second-order valence-corrected chi connectivity index (χ2v) is 7.18. The fraction of sp³-hybridized carbons (Fsp3) is 0.500. The number of hydrogen-bond donors (Lipinski definition) is 2. The SMILES string of the molecule is CCOc1c(Cl)cccc1CC(=O)NC1CCc2c(nc(C)n2CCO)C1. The molecule has 0 fully saturated rings. The van der Waals surface area contributed by atoms with Gasteiger partial charge in [0, 0.05) is 30.3 Å². The van der Waals surface area contributed by atoms with Gasteiger partial charge in [-0.15, -0.1) is 0 Å². The van der Waals surface area contributed by atoms with Crippen molar-refractivity contribution in [1.29, 1.82) is 0 Å². The second-order valence-electron chi connectivity index (χ2n) is 6.77. The average Bonchev–Trinajstić information content (AvgIpc) is 2.93. The molecule has 0 bridgehead atoms. The fourth-order valence-electron chi connectivity index (χ4n) is 3.73. The van der Waals surface area contributed by atoms with Gasteiger partial charge < -0.3 is 19.7 Å². The highest BCUT2D eigenvalue weighted by Crippen LogP contribution is 2.29. The average molecular weight is 392 g/mol. The largest absolute Gasteiger partial charge is 0.492 e. The zero-order valence-electron chi connectivity index (χ0n) is 15.8. The Morgan fingerprint density at radius 3 is 3.04 bits per heavy atom. The lowest BCUT2D eigenvalue weighted by Gasteiger charge is -2.24. The first-order valence-corrected chi connectivity index (χ1v) is 9.76. The second kappa shape index (κ2) is 8.76. The number of halogens is 1. The van der Waals surface area contributed by atoms with E-state index in [9.17, 15) is 9.90 Å². The number of aliphatic hydroxyl groups excluding tert-OH is 1. The molecule has 7 heteroatoms. The van der Waals surface area contributed by atoms with Gasteiger partial charge in [0.2, 0.25) is 5.91 Å². The molecule has 3 rings (SSSR count). The van der Waals surface area contributed by atoms with Gasteiger partial charge in [-0.1, -0.05) is 23.7 Å². The number of amides is 1. The summed E-state index contributed by atoms with van der Waals surface area (Å²) >= 11 is 6.20. The predicted octanol–water partition coefficient (Wildman–Crippen LogP) is 2.45. The van der Waals surface area contributed by atoms with Gasteiger partial charge in [-0.3, -0.25) is 4.79 Å². The lowest BCUT2D eigenvalue weighted by atomic mass is 9.95. The highest BCUT2D eigenvalue weighted by atomic mass is 35.5. The topological polar surface area (TPSA) is 76.4 Å². The van der Waals surface area contributed by atoms with Crippen molar-refractivity contribution in [1.82, 2.24) is 14.9 Å². The number of aromatic nitrogens is 2. The summed E-state index contributed by atoms with van der Waals surface area (Å²) in [5, 5.41) is 12.9. The van der Waals surface area contributed by atoms with Crippen LogP contribution in [0.5, 0.6) is 5.75 Å². The van der Waals surface area contributed by atoms with Crippen molar-refractivity contribution in [2.24, 2.45) is 0 Å². The molecule has 0 radical (unpaired) electrons. The van der Waals surface area contributed by atoms with Crippen molar-refractivity contribution in [3.8, 4) is 5.75 Å². The number of aryl methyl sites for hydroxylation is 1. The minimum atomic E-state index is -0.0433. The van der Waals surface area contributed by atoms with Crippen molar-refractivity contribution in [2.45, 2.75) is 52.1 Å². The minimum Gasteiger partial charge on any atom is -0.492 e. The molecule has 6 nitrogen and oxygen atoms in total. The Labute approximate surface area is 164 Å². The Balaban J connectivity index is 1.65. The van der Waals surface area contributed by atoms with Crippen LogP contribution in [-0.2, 0) is 30.6 Å². The quantitative estimate of drug-likeness (QED) is 0.760. The first-order valence-electron chi connectivity index (χ1n) is 9.38. The molecule has 1 atom stereocenters. The molecule has 1 unspecified atom stereocenters. The van der Waals surface area contributed by atoms with E-state index in [0.717, 1.165) is 29.9 Å². The number of benzene rings is 1. The van der Waals surface area contributed by atoms with Crippen LogP contribution in [-0.4, -0.2) is 39.8 Å². The number of rotatable bonds is 7. The first-order chi connectivity index (χ1) is 13.0. The fourth-order valence-corrected chi connectivity index (χ4v) is 3.98. The lowest BCUT2D eigenvalue weighted by molar-refractivity contribution is -0.121. The van der Waals surface area contributed by atoms with Gasteiger partial charge in [-0.25, -0.2) is 4.98 Å². The van der Waals surface area contributed by atoms with Crippen LogP contribution in [0.1, 0.15) is 36.1 Å². The molecule has 0 saturated heterocycles. The zero-order valence-corrected chi connectivity index (χ0v) is 16.6. The highest BCUT2D eigenvalue weighted by Gasteiger charge is 2.25. The third kappa shape index (κ3) is 4.45. The molecule has 0 saturated carbocycles. The van der Waals surface area contributed by atoms with Crippen LogP contribution >= 0.6 is 11.6 Å². The Morgan fingerprint density at radius 2 is 2.30 bits per heavy atom. The van der Waals surface area contributed by atoms with Gasteiger partial charge in [0.05, 0.1) is 30.4 Å². The van der Waals surface area contributed by atoms with Gasteiger partial charge in [-0.2, -0.15) is 0 Å². The van der Waals surface area contributed by atoms with Gasteiger partial charge in [0.15, 0.2) is 0 Å². The van der Waals surface area contributed by atoms with Crippen molar-refractivity contribution in [3.05, 3.63) is 46.0 Å². The Morgan fingerprint density at radius 1 is 1.48 bits per heavy atom. The van der Waals surface area contributed by atoms with E-state index >= 15 is 0 Å². The standard InChI is InChI=1S/C20H26ClN3O3/c1-3-27-20-14(5-4-6-16(20)21)11-19(26)23-15-7-8-18-17(12-15)22-13(2)24(18)9-10-25/h4-6,15,25H,3,7-12H2,1-2H3,(H,23,26). The molecule has 146 valence electrons. The van der Waals surface area contributed by atoms with Crippen LogP contribution < -0.4 is 10.1 Å². The summed E-state index contributed by atoms with van der Waals surface area (Å²) in [5.74, 6) is 1.46. The maximum Gasteiger partial charge on any atom is 0.224 e. The number of carbonyl (C=O) groups excluding carboxylic acids is 1. The Bertz CT molecular complexity index is 819. The molecule has 1 amide bonds. The number of nitrogens with one attached hydrogen (secondary N) is 1. The Hall–Kier alpha value is -2.05. The van der Waals surface area contributed by atoms with Crippen LogP contribution in [0.25, 0.3) is 0 Å². The van der Waals surface area contributed by atoms with E-state index in [2.05, 4.69) is 14.9 Å². The molecule has 1 aliphatic rings. The maximum absolute atomic E-state index is 12.6. The third-order valence-electron chi connectivity index (χ3n) is 4.89. The molecular formula is C20H26ClN3O3. The van der Waals surface area contributed by atoms with Gasteiger partial charge in [0.1, 0.15) is 11.6 Å². The van der Waals surface area contributed by atoms with E-state index in [1.54, 1.807) is 6.07 Å². The van der Waals surface area contributed by atoms with Crippen LogP contribution in [0.2, 0.25) is 5.02 Å². The molecule has 1 aliphatic carbocycles. The molecule has 27 heavy (non-hydrogen) atoms. The van der Waals surface area contributed by atoms with E-state index in [-0.39, 0.29) is 25.0 Å². The van der Waals surface area contributed by atoms with Crippen molar-refractivity contribution < 1.29 is 14.6 Å². The van der Waals surface area contributed by atoms with Crippen molar-refractivity contribution >= 4 is 17.5 Å². The van der Waals surface area contributed by atoms with Crippen molar-refractivity contribution in [2.75, 3.05) is 13.2 Å². The summed E-state index contributed by atoms with van der Waals surface area (Å²) in [7, 11) is 0. The van der Waals surface area contributed by atoms with E-state index in [1.807, 2.05) is 26.0 Å². The number of fused-ring (bicyclic) bond motifs is 1. The number of nitrogens with zero attached hydrogens (tertiary/aromatic N) is 2. The van der Waals surface area contributed by atoms with Crippen LogP contribution in [0.15, 0.2) is 18.2 Å². The minimum absolute atomic E-state index is 0.0433. The molecule has 2 N–H and O–H groups in total. The lowest BCUT2D eigenvalue weighted by Crippen LogP contribution is -2.40. The summed E-state index contributed by atoms with van der Waals surface area (Å²) in [6, 6.07) is 5.53. The van der Waals surface area contributed by atoms with Gasteiger partial charge >= 0.3 is 0 Å². The molecule has 2 aromatic rings. The van der Waals surface area contributed by atoms with Crippen LogP contribution in [0.4, 0.5) is 0 Å². The van der Waals surface area contributed by atoms with Gasteiger partial charge in [0.25, 0.3) is 0 Å². The van der Waals surface area contributed by atoms with E-state index in [0.29, 0.717) is 30.3 Å². The van der Waals surface area contributed by atoms with Crippen LogP contribution in [0, 0.1) is 6.92 Å².